The van der Waals surface area contributed by atoms with E-state index in [4.69, 9.17) is 11.6 Å². The van der Waals surface area contributed by atoms with E-state index >= 15 is 0 Å². The van der Waals surface area contributed by atoms with E-state index in [2.05, 4.69) is 15.3 Å². The highest BCUT2D eigenvalue weighted by Crippen LogP contribution is 2.15. The molecule has 0 saturated heterocycles. The number of anilines is 1. The van der Waals surface area contributed by atoms with Crippen molar-refractivity contribution in [1.29, 1.82) is 0 Å². The Morgan fingerprint density at radius 3 is 2.62 bits per heavy atom. The topological polar surface area (TPSA) is 58.0 Å². The Labute approximate surface area is 101 Å². The Morgan fingerprint density at radius 2 is 2.12 bits per heavy atom. The molecule has 0 aliphatic heterocycles. The number of nitrogens with zero attached hydrogens (tertiary/aromatic N) is 2. The van der Waals surface area contributed by atoms with Crippen molar-refractivity contribution in [2.45, 2.75) is 33.2 Å². The van der Waals surface area contributed by atoms with Crippen LogP contribution in [0.25, 0.3) is 0 Å². The molecule has 0 aromatic carbocycles. The number of aryl methyl sites for hydroxylation is 1. The molecule has 0 unspecified atom stereocenters. The third-order valence-electron chi connectivity index (χ3n) is 2.39. The van der Waals surface area contributed by atoms with E-state index in [1.807, 2.05) is 20.8 Å². The van der Waals surface area contributed by atoms with Crippen LogP contribution in [-0.4, -0.2) is 27.7 Å². The summed E-state index contributed by atoms with van der Waals surface area (Å²) in [5.41, 5.74) is 0. The lowest BCUT2D eigenvalue weighted by atomic mass is 10.1. The van der Waals surface area contributed by atoms with Crippen LogP contribution in [0, 0.1) is 5.92 Å². The standard InChI is InChI=1S/C11H18ClN3O/c1-4-10-14-9(12)5-11(15-10)13-8(6-16)7(2)3/h5,7-8,16H,4,6H2,1-3H3,(H,13,14,15)/t8-/m1/s1. The van der Waals surface area contributed by atoms with E-state index < -0.39 is 0 Å². The smallest absolute Gasteiger partial charge is 0.134 e. The molecule has 0 bridgehead atoms. The number of aromatic nitrogens is 2. The fourth-order valence-electron chi connectivity index (χ4n) is 1.31. The zero-order valence-electron chi connectivity index (χ0n) is 9.87. The summed E-state index contributed by atoms with van der Waals surface area (Å²) in [6.07, 6.45) is 0.737. The SMILES string of the molecule is CCc1nc(Cl)cc(N[C@H](CO)C(C)C)n1. The molecule has 0 fully saturated rings. The Balaban J connectivity index is 2.83. The van der Waals surface area contributed by atoms with Gasteiger partial charge in [-0.3, -0.25) is 0 Å². The molecule has 1 aromatic heterocycles. The lowest BCUT2D eigenvalue weighted by Crippen LogP contribution is -2.30. The van der Waals surface area contributed by atoms with E-state index in [1.54, 1.807) is 6.07 Å². The highest BCUT2D eigenvalue weighted by Gasteiger charge is 2.13. The first kappa shape index (κ1) is 13.2. The van der Waals surface area contributed by atoms with Crippen LogP contribution in [0.1, 0.15) is 26.6 Å². The average Bonchev–Trinajstić information content (AvgIpc) is 2.24. The minimum Gasteiger partial charge on any atom is -0.394 e. The summed E-state index contributed by atoms with van der Waals surface area (Å²) >= 11 is 5.88. The van der Waals surface area contributed by atoms with Crippen molar-refractivity contribution in [1.82, 2.24) is 9.97 Å². The molecule has 1 heterocycles. The molecule has 0 radical (unpaired) electrons. The largest absolute Gasteiger partial charge is 0.394 e. The predicted octanol–water partition coefficient (Wildman–Crippen LogP) is 2.12. The van der Waals surface area contributed by atoms with Gasteiger partial charge in [0, 0.05) is 12.5 Å². The second kappa shape index (κ2) is 6.01. The van der Waals surface area contributed by atoms with Crippen LogP contribution >= 0.6 is 11.6 Å². The van der Waals surface area contributed by atoms with Gasteiger partial charge in [0.2, 0.25) is 0 Å². The van der Waals surface area contributed by atoms with Gasteiger partial charge in [-0.2, -0.15) is 0 Å². The Bertz CT molecular complexity index is 344. The maximum Gasteiger partial charge on any atom is 0.134 e. The maximum absolute atomic E-state index is 9.21. The molecule has 5 heteroatoms. The second-order valence-electron chi connectivity index (χ2n) is 4.02. The molecule has 0 aliphatic rings. The molecule has 4 nitrogen and oxygen atoms in total. The summed E-state index contributed by atoms with van der Waals surface area (Å²) in [4.78, 5) is 8.39. The quantitative estimate of drug-likeness (QED) is 0.778. The maximum atomic E-state index is 9.21. The van der Waals surface area contributed by atoms with Crippen LogP contribution in [0.5, 0.6) is 0 Å². The summed E-state index contributed by atoms with van der Waals surface area (Å²) in [6, 6.07) is 1.65. The summed E-state index contributed by atoms with van der Waals surface area (Å²) < 4.78 is 0. The van der Waals surface area contributed by atoms with Gasteiger partial charge in [-0.15, -0.1) is 0 Å². The number of hydrogen-bond donors (Lipinski definition) is 2. The number of hydrogen-bond acceptors (Lipinski definition) is 4. The number of rotatable bonds is 5. The predicted molar refractivity (Wildman–Crippen MR) is 65.8 cm³/mol. The van der Waals surface area contributed by atoms with E-state index in [1.165, 1.54) is 0 Å². The lowest BCUT2D eigenvalue weighted by molar-refractivity contribution is 0.249. The van der Waals surface area contributed by atoms with Gasteiger partial charge < -0.3 is 10.4 Å². The van der Waals surface area contributed by atoms with E-state index in [0.29, 0.717) is 22.7 Å². The summed E-state index contributed by atoms with van der Waals surface area (Å²) in [7, 11) is 0. The average molecular weight is 244 g/mol. The molecule has 1 aromatic rings. The molecule has 0 saturated carbocycles. The van der Waals surface area contributed by atoms with Crippen LogP contribution in [0.15, 0.2) is 6.07 Å². The van der Waals surface area contributed by atoms with Gasteiger partial charge in [0.05, 0.1) is 12.6 Å². The van der Waals surface area contributed by atoms with Crippen LogP contribution in [-0.2, 0) is 6.42 Å². The summed E-state index contributed by atoms with van der Waals surface area (Å²) in [5.74, 6) is 1.70. The van der Waals surface area contributed by atoms with Crippen molar-refractivity contribution >= 4 is 17.4 Å². The molecule has 0 amide bonds. The fraction of sp³-hybridized carbons (Fsp3) is 0.636. The fourth-order valence-corrected chi connectivity index (χ4v) is 1.51. The number of nitrogens with one attached hydrogen (secondary N) is 1. The molecule has 0 aliphatic carbocycles. The van der Waals surface area contributed by atoms with Gasteiger partial charge in [0.15, 0.2) is 0 Å². The molecular weight excluding hydrogens is 226 g/mol. The minimum absolute atomic E-state index is 0.0179. The summed E-state index contributed by atoms with van der Waals surface area (Å²) in [6.45, 7) is 6.12. The van der Waals surface area contributed by atoms with Crippen molar-refractivity contribution in [2.24, 2.45) is 5.92 Å². The molecule has 90 valence electrons. The van der Waals surface area contributed by atoms with Gasteiger partial charge in [0.1, 0.15) is 16.8 Å². The second-order valence-corrected chi connectivity index (χ2v) is 4.41. The van der Waals surface area contributed by atoms with Crippen molar-refractivity contribution in [2.75, 3.05) is 11.9 Å². The highest BCUT2D eigenvalue weighted by molar-refractivity contribution is 6.29. The van der Waals surface area contributed by atoms with Crippen LogP contribution in [0.3, 0.4) is 0 Å². The van der Waals surface area contributed by atoms with Gasteiger partial charge >= 0.3 is 0 Å². The number of aliphatic hydroxyl groups excluding tert-OH is 1. The van der Waals surface area contributed by atoms with E-state index in [0.717, 1.165) is 6.42 Å². The Hall–Kier alpha value is -0.870. The van der Waals surface area contributed by atoms with Crippen molar-refractivity contribution in [3.8, 4) is 0 Å². The first-order chi connectivity index (χ1) is 7.56. The van der Waals surface area contributed by atoms with Crippen LogP contribution in [0.4, 0.5) is 5.82 Å². The monoisotopic (exact) mass is 243 g/mol. The molecule has 1 atom stereocenters. The first-order valence-electron chi connectivity index (χ1n) is 5.47. The molecule has 2 N–H and O–H groups in total. The van der Waals surface area contributed by atoms with Gasteiger partial charge in [-0.25, -0.2) is 9.97 Å². The zero-order valence-corrected chi connectivity index (χ0v) is 10.6. The van der Waals surface area contributed by atoms with Gasteiger partial charge in [-0.1, -0.05) is 32.4 Å². The van der Waals surface area contributed by atoms with Gasteiger partial charge in [0.25, 0.3) is 0 Å². The minimum atomic E-state index is -0.0179. The first-order valence-corrected chi connectivity index (χ1v) is 5.85. The summed E-state index contributed by atoms with van der Waals surface area (Å²) in [5, 5.41) is 12.8. The van der Waals surface area contributed by atoms with Crippen molar-refractivity contribution in [3.05, 3.63) is 17.0 Å². The van der Waals surface area contributed by atoms with Crippen molar-refractivity contribution < 1.29 is 5.11 Å². The van der Waals surface area contributed by atoms with Crippen LogP contribution in [0.2, 0.25) is 5.15 Å². The molecular formula is C11H18ClN3O. The Kier molecular flexibility index (Phi) is 4.96. The normalized spacial score (nSPS) is 12.9. The van der Waals surface area contributed by atoms with E-state index in [9.17, 15) is 5.11 Å². The molecule has 0 spiro atoms. The van der Waals surface area contributed by atoms with E-state index in [-0.39, 0.29) is 12.6 Å². The Morgan fingerprint density at radius 1 is 1.44 bits per heavy atom. The molecule has 1 rings (SSSR count). The lowest BCUT2D eigenvalue weighted by Gasteiger charge is -2.20. The van der Waals surface area contributed by atoms with Crippen molar-refractivity contribution in [3.63, 3.8) is 0 Å². The van der Waals surface area contributed by atoms with Gasteiger partial charge in [-0.05, 0) is 5.92 Å². The highest BCUT2D eigenvalue weighted by atomic mass is 35.5. The zero-order chi connectivity index (χ0) is 12.1. The third-order valence-corrected chi connectivity index (χ3v) is 2.59. The molecule has 16 heavy (non-hydrogen) atoms. The number of halogens is 1. The third kappa shape index (κ3) is 3.61. The number of aliphatic hydroxyl groups is 1. The van der Waals surface area contributed by atoms with Crippen LogP contribution < -0.4 is 5.32 Å².